The minimum Gasteiger partial charge on any atom is -0.341 e. The molecule has 0 N–H and O–H groups in total. The Morgan fingerprint density at radius 2 is 2.27 bits per heavy atom. The third-order valence-corrected chi connectivity index (χ3v) is 3.44. The lowest BCUT2D eigenvalue weighted by Crippen LogP contribution is -2.34. The van der Waals surface area contributed by atoms with E-state index >= 15 is 0 Å². The first-order valence-electron chi connectivity index (χ1n) is 4.11. The number of carbonyl (C=O) groups is 1. The second-order valence-corrected chi connectivity index (χ2v) is 4.10. The van der Waals surface area contributed by atoms with Crippen LogP contribution in [0.1, 0.15) is 19.3 Å². The van der Waals surface area contributed by atoms with Crippen LogP contribution < -0.4 is 0 Å². The van der Waals surface area contributed by atoms with Crippen LogP contribution in [0.4, 0.5) is 0 Å². The van der Waals surface area contributed by atoms with Gasteiger partial charge in [-0.25, -0.2) is 0 Å². The third kappa shape index (κ3) is 0.959. The van der Waals surface area contributed by atoms with Crippen molar-refractivity contribution in [3.05, 3.63) is 0 Å². The highest BCUT2D eigenvalue weighted by Gasteiger charge is 2.44. The van der Waals surface area contributed by atoms with Gasteiger partial charge in [0.15, 0.2) is 0 Å². The van der Waals surface area contributed by atoms with Crippen molar-refractivity contribution in [2.75, 3.05) is 7.05 Å². The first-order valence-corrected chi connectivity index (χ1v) is 4.54. The number of hydrogen-bond acceptors (Lipinski definition) is 1. The molecule has 3 heteroatoms. The summed E-state index contributed by atoms with van der Waals surface area (Å²) in [5, 5.41) is 0.197. The van der Waals surface area contributed by atoms with E-state index < -0.39 is 0 Å². The Morgan fingerprint density at radius 1 is 1.55 bits per heavy atom. The van der Waals surface area contributed by atoms with Gasteiger partial charge in [-0.3, -0.25) is 4.79 Å². The van der Waals surface area contributed by atoms with Crippen LogP contribution in [0.2, 0.25) is 0 Å². The van der Waals surface area contributed by atoms with E-state index in [2.05, 4.69) is 0 Å². The third-order valence-electron chi connectivity index (χ3n) is 2.93. The predicted molar refractivity (Wildman–Crippen MR) is 43.5 cm³/mol. The van der Waals surface area contributed by atoms with Crippen molar-refractivity contribution in [1.82, 2.24) is 4.90 Å². The molecule has 1 saturated carbocycles. The zero-order valence-electron chi connectivity index (χ0n) is 6.59. The van der Waals surface area contributed by atoms with Gasteiger partial charge in [0.1, 0.15) is 0 Å². The van der Waals surface area contributed by atoms with E-state index in [1.54, 1.807) is 0 Å². The fourth-order valence-corrected chi connectivity index (χ4v) is 2.58. The van der Waals surface area contributed by atoms with E-state index in [-0.39, 0.29) is 5.38 Å². The van der Waals surface area contributed by atoms with Crippen molar-refractivity contribution < 1.29 is 4.79 Å². The van der Waals surface area contributed by atoms with Crippen molar-refractivity contribution in [2.45, 2.75) is 30.7 Å². The Balaban J connectivity index is 2.22. The van der Waals surface area contributed by atoms with Gasteiger partial charge >= 0.3 is 0 Å². The van der Waals surface area contributed by atoms with Crippen molar-refractivity contribution in [1.29, 1.82) is 0 Å². The highest BCUT2D eigenvalue weighted by molar-refractivity contribution is 6.21. The molecule has 1 heterocycles. The highest BCUT2D eigenvalue weighted by Crippen LogP contribution is 2.37. The maximum absolute atomic E-state index is 11.4. The first-order chi connectivity index (χ1) is 5.20. The number of carbonyl (C=O) groups excluding carboxylic acids is 1. The van der Waals surface area contributed by atoms with Crippen molar-refractivity contribution in [2.24, 2.45) is 5.92 Å². The van der Waals surface area contributed by atoms with Gasteiger partial charge in [0.25, 0.3) is 0 Å². The minimum atomic E-state index is 0.197. The Hall–Kier alpha value is -0.240. The van der Waals surface area contributed by atoms with Gasteiger partial charge in [0, 0.05) is 19.0 Å². The number of halogens is 1. The first kappa shape index (κ1) is 7.41. The molecule has 3 atom stereocenters. The number of rotatable bonds is 0. The quantitative estimate of drug-likeness (QED) is 0.505. The zero-order chi connectivity index (χ0) is 8.01. The summed E-state index contributed by atoms with van der Waals surface area (Å²) in [6.45, 7) is 0. The maximum atomic E-state index is 11.4. The zero-order valence-corrected chi connectivity index (χ0v) is 7.34. The van der Waals surface area contributed by atoms with Crippen LogP contribution in [0.15, 0.2) is 0 Å². The van der Waals surface area contributed by atoms with Gasteiger partial charge in [0.05, 0.1) is 5.38 Å². The number of alkyl halides is 1. The number of fused-ring (bicyclic) bond motifs is 2. The van der Waals surface area contributed by atoms with Crippen LogP contribution in [0.3, 0.4) is 0 Å². The van der Waals surface area contributed by atoms with Gasteiger partial charge in [-0.15, -0.1) is 11.6 Å². The van der Waals surface area contributed by atoms with Crippen LogP contribution in [-0.2, 0) is 4.79 Å². The molecule has 0 spiro atoms. The molecule has 2 bridgehead atoms. The smallest absolute Gasteiger partial charge is 0.225 e. The summed E-state index contributed by atoms with van der Waals surface area (Å²) in [5.74, 6) is 0.596. The summed E-state index contributed by atoms with van der Waals surface area (Å²) >= 11 is 6.08. The lowest BCUT2D eigenvalue weighted by atomic mass is 9.90. The molecule has 0 aromatic rings. The molecule has 2 fully saturated rings. The van der Waals surface area contributed by atoms with E-state index in [1.807, 2.05) is 11.9 Å². The molecule has 0 aromatic heterocycles. The van der Waals surface area contributed by atoms with Gasteiger partial charge in [-0.2, -0.15) is 0 Å². The summed E-state index contributed by atoms with van der Waals surface area (Å²) in [5.41, 5.74) is 0. The fraction of sp³-hybridized carbons (Fsp3) is 0.875. The van der Waals surface area contributed by atoms with Crippen LogP contribution in [0.5, 0.6) is 0 Å². The Labute approximate surface area is 71.5 Å². The molecular weight excluding hydrogens is 162 g/mol. The highest BCUT2D eigenvalue weighted by atomic mass is 35.5. The molecular formula is C8H12ClNO. The number of likely N-dealkylation sites (tertiary alicyclic amines) is 1. The molecule has 1 saturated heterocycles. The molecule has 11 heavy (non-hydrogen) atoms. The van der Waals surface area contributed by atoms with Gasteiger partial charge < -0.3 is 4.90 Å². The summed E-state index contributed by atoms with van der Waals surface area (Å²) < 4.78 is 0. The monoisotopic (exact) mass is 173 g/mol. The normalized spacial score (nSPS) is 43.3. The summed E-state index contributed by atoms with van der Waals surface area (Å²) in [4.78, 5) is 13.2. The Morgan fingerprint density at radius 3 is 2.91 bits per heavy atom. The van der Waals surface area contributed by atoms with Crippen molar-refractivity contribution in [3.8, 4) is 0 Å². The van der Waals surface area contributed by atoms with Crippen molar-refractivity contribution >= 4 is 17.5 Å². The maximum Gasteiger partial charge on any atom is 0.225 e. The number of nitrogens with zero attached hydrogens (tertiary/aromatic N) is 1. The lowest BCUT2D eigenvalue weighted by Gasteiger charge is -2.25. The van der Waals surface area contributed by atoms with Crippen LogP contribution in [0, 0.1) is 5.92 Å². The Bertz CT molecular complexity index is 195. The van der Waals surface area contributed by atoms with Gasteiger partial charge in [0.2, 0.25) is 5.91 Å². The molecule has 1 aliphatic heterocycles. The largest absolute Gasteiger partial charge is 0.341 e. The summed E-state index contributed by atoms with van der Waals surface area (Å²) in [6, 6.07) is 0.322. The second kappa shape index (κ2) is 2.37. The molecule has 2 nitrogen and oxygen atoms in total. The number of amides is 1. The fourth-order valence-electron chi connectivity index (χ4n) is 2.19. The van der Waals surface area contributed by atoms with Crippen LogP contribution in [-0.4, -0.2) is 29.3 Å². The Kier molecular flexibility index (Phi) is 1.60. The minimum absolute atomic E-state index is 0.197. The molecule has 2 aliphatic rings. The average Bonchev–Trinajstić information content (AvgIpc) is 2.24. The van der Waals surface area contributed by atoms with E-state index in [4.69, 9.17) is 11.6 Å². The summed E-state index contributed by atoms with van der Waals surface area (Å²) in [7, 11) is 1.87. The predicted octanol–water partition coefficient (Wildman–Crippen LogP) is 1.23. The lowest BCUT2D eigenvalue weighted by molar-refractivity contribution is -0.130. The molecule has 0 radical (unpaired) electrons. The van der Waals surface area contributed by atoms with Crippen molar-refractivity contribution in [3.63, 3.8) is 0 Å². The van der Waals surface area contributed by atoms with Gasteiger partial charge in [-0.05, 0) is 19.3 Å². The van der Waals surface area contributed by atoms with E-state index in [9.17, 15) is 4.79 Å². The molecule has 1 aliphatic carbocycles. The molecule has 1 amide bonds. The molecule has 62 valence electrons. The topological polar surface area (TPSA) is 20.3 Å². The van der Waals surface area contributed by atoms with E-state index in [0.717, 1.165) is 19.3 Å². The van der Waals surface area contributed by atoms with Gasteiger partial charge in [-0.1, -0.05) is 0 Å². The molecule has 0 aromatic carbocycles. The average molecular weight is 174 g/mol. The number of hydrogen-bond donors (Lipinski definition) is 0. The molecule has 2 rings (SSSR count). The van der Waals surface area contributed by atoms with Crippen LogP contribution >= 0.6 is 11.6 Å². The standard InChI is InChI=1S/C8H12ClNO/c1-10-7-4-5(8(10)11)2-3-6(7)9/h5-7H,2-4H2,1H3/t5-,6-,7-/m0/s1. The molecule has 0 unspecified atom stereocenters. The van der Waals surface area contributed by atoms with Crippen LogP contribution in [0.25, 0.3) is 0 Å². The van der Waals surface area contributed by atoms with E-state index in [0.29, 0.717) is 17.9 Å². The SMILES string of the molecule is CN1C(=O)[C@H]2CC[C@H](Cl)[C@@H]1C2. The van der Waals surface area contributed by atoms with E-state index in [1.165, 1.54) is 0 Å². The second-order valence-electron chi connectivity index (χ2n) is 3.54. The summed E-state index contributed by atoms with van der Waals surface area (Å²) in [6.07, 6.45) is 2.99.